The molecule has 1 fully saturated rings. The third-order valence-corrected chi connectivity index (χ3v) is 4.48. The van der Waals surface area contributed by atoms with Crippen LogP contribution in [0.2, 0.25) is 0 Å². The Bertz CT molecular complexity index is 780. The van der Waals surface area contributed by atoms with E-state index in [9.17, 15) is 14.4 Å². The van der Waals surface area contributed by atoms with Gasteiger partial charge in [0.2, 0.25) is 5.91 Å². The van der Waals surface area contributed by atoms with Gasteiger partial charge in [-0.15, -0.1) is 0 Å². The summed E-state index contributed by atoms with van der Waals surface area (Å²) in [5, 5.41) is 0. The zero-order valence-electron chi connectivity index (χ0n) is 13.7. The van der Waals surface area contributed by atoms with E-state index in [0.717, 1.165) is 5.56 Å². The molecular formula is C20H19NO3. The summed E-state index contributed by atoms with van der Waals surface area (Å²) in [7, 11) is 0. The first kappa shape index (κ1) is 16.1. The van der Waals surface area contributed by atoms with Gasteiger partial charge >= 0.3 is 0 Å². The molecule has 0 N–H and O–H groups in total. The number of ketones is 2. The summed E-state index contributed by atoms with van der Waals surface area (Å²) < 4.78 is 0. The fourth-order valence-corrected chi connectivity index (χ4v) is 3.18. The number of anilines is 1. The van der Waals surface area contributed by atoms with Crippen molar-refractivity contribution in [2.24, 2.45) is 5.92 Å². The molecule has 0 bridgehead atoms. The van der Waals surface area contributed by atoms with E-state index < -0.39 is 12.0 Å². The third kappa shape index (κ3) is 2.87. The van der Waals surface area contributed by atoms with Crippen molar-refractivity contribution < 1.29 is 14.4 Å². The zero-order chi connectivity index (χ0) is 17.3. The summed E-state index contributed by atoms with van der Waals surface area (Å²) in [6, 6.07) is 15.5. The molecule has 24 heavy (non-hydrogen) atoms. The van der Waals surface area contributed by atoms with Gasteiger partial charge in [0, 0.05) is 17.7 Å². The number of benzene rings is 2. The van der Waals surface area contributed by atoms with Crippen molar-refractivity contribution in [3.05, 3.63) is 65.7 Å². The van der Waals surface area contributed by atoms with E-state index in [4.69, 9.17) is 0 Å². The van der Waals surface area contributed by atoms with Gasteiger partial charge in [-0.3, -0.25) is 14.4 Å². The standard InChI is InChI=1S/C20H19NO3/c1-13-8-10-16(11-9-13)21-18(23)12-17(14(2)22)19(21)20(24)15-6-4-3-5-7-15/h3-11,17,19H,12H2,1-2H3. The quantitative estimate of drug-likeness (QED) is 0.813. The summed E-state index contributed by atoms with van der Waals surface area (Å²) in [5.74, 6) is -1.12. The Hall–Kier alpha value is -2.75. The van der Waals surface area contributed by atoms with Gasteiger partial charge < -0.3 is 4.90 Å². The molecule has 0 aromatic heterocycles. The first-order valence-electron chi connectivity index (χ1n) is 7.97. The Labute approximate surface area is 141 Å². The molecule has 4 nitrogen and oxygen atoms in total. The highest BCUT2D eigenvalue weighted by Crippen LogP contribution is 2.33. The first-order valence-corrected chi connectivity index (χ1v) is 7.97. The van der Waals surface area contributed by atoms with Crippen molar-refractivity contribution in [2.45, 2.75) is 26.3 Å². The smallest absolute Gasteiger partial charge is 0.228 e. The van der Waals surface area contributed by atoms with E-state index in [2.05, 4.69) is 0 Å². The van der Waals surface area contributed by atoms with E-state index in [1.165, 1.54) is 11.8 Å². The summed E-state index contributed by atoms with van der Waals surface area (Å²) in [6.07, 6.45) is 0.0758. The average molecular weight is 321 g/mol. The Balaban J connectivity index is 2.05. The van der Waals surface area contributed by atoms with E-state index in [1.54, 1.807) is 24.3 Å². The van der Waals surface area contributed by atoms with Gasteiger partial charge in [0.1, 0.15) is 11.8 Å². The van der Waals surface area contributed by atoms with Crippen LogP contribution in [0.3, 0.4) is 0 Å². The molecule has 0 spiro atoms. The lowest BCUT2D eigenvalue weighted by Gasteiger charge is -2.26. The van der Waals surface area contributed by atoms with Crippen LogP contribution in [-0.2, 0) is 9.59 Å². The number of carbonyl (C=O) groups is 3. The van der Waals surface area contributed by atoms with Crippen LogP contribution in [0.4, 0.5) is 5.69 Å². The fourth-order valence-electron chi connectivity index (χ4n) is 3.18. The number of Topliss-reactive ketones (excluding diaryl/α,β-unsaturated/α-hetero) is 2. The largest absolute Gasteiger partial charge is 0.301 e. The molecular weight excluding hydrogens is 302 g/mol. The van der Waals surface area contributed by atoms with Crippen LogP contribution in [0.25, 0.3) is 0 Å². The van der Waals surface area contributed by atoms with Crippen molar-refractivity contribution in [1.29, 1.82) is 0 Å². The number of aryl methyl sites for hydroxylation is 1. The second-order valence-corrected chi connectivity index (χ2v) is 6.20. The number of hydrogen-bond donors (Lipinski definition) is 0. The summed E-state index contributed by atoms with van der Waals surface area (Å²) in [5.41, 5.74) is 2.24. The first-order chi connectivity index (χ1) is 11.5. The van der Waals surface area contributed by atoms with Crippen molar-refractivity contribution >= 4 is 23.2 Å². The highest BCUT2D eigenvalue weighted by atomic mass is 16.2. The van der Waals surface area contributed by atoms with Crippen LogP contribution in [-0.4, -0.2) is 23.5 Å². The van der Waals surface area contributed by atoms with Gasteiger partial charge in [0.15, 0.2) is 5.78 Å². The zero-order valence-corrected chi connectivity index (χ0v) is 13.7. The molecule has 2 unspecified atom stereocenters. The van der Waals surface area contributed by atoms with E-state index in [0.29, 0.717) is 11.3 Å². The maximum Gasteiger partial charge on any atom is 0.228 e. The van der Waals surface area contributed by atoms with Gasteiger partial charge in [-0.05, 0) is 26.0 Å². The van der Waals surface area contributed by atoms with Gasteiger partial charge in [-0.1, -0.05) is 48.0 Å². The molecule has 0 radical (unpaired) electrons. The Morgan fingerprint density at radius 2 is 1.62 bits per heavy atom. The maximum absolute atomic E-state index is 13.0. The van der Waals surface area contributed by atoms with Gasteiger partial charge in [-0.2, -0.15) is 0 Å². The second-order valence-electron chi connectivity index (χ2n) is 6.20. The van der Waals surface area contributed by atoms with Crippen molar-refractivity contribution in [3.63, 3.8) is 0 Å². The average Bonchev–Trinajstić information content (AvgIpc) is 2.93. The molecule has 1 aliphatic rings. The Morgan fingerprint density at radius 3 is 2.21 bits per heavy atom. The minimum Gasteiger partial charge on any atom is -0.301 e. The van der Waals surface area contributed by atoms with Crippen LogP contribution in [0.1, 0.15) is 29.3 Å². The maximum atomic E-state index is 13.0. The molecule has 2 aromatic carbocycles. The molecule has 4 heteroatoms. The molecule has 2 atom stereocenters. The Morgan fingerprint density at radius 1 is 1.00 bits per heavy atom. The molecule has 1 amide bonds. The molecule has 2 aromatic rings. The highest BCUT2D eigenvalue weighted by Gasteiger charge is 2.47. The molecule has 1 heterocycles. The Kier molecular flexibility index (Phi) is 4.30. The summed E-state index contributed by atoms with van der Waals surface area (Å²) >= 11 is 0. The third-order valence-electron chi connectivity index (χ3n) is 4.48. The van der Waals surface area contributed by atoms with Crippen molar-refractivity contribution in [3.8, 4) is 0 Å². The van der Waals surface area contributed by atoms with Crippen LogP contribution < -0.4 is 4.90 Å². The number of nitrogens with zero attached hydrogens (tertiary/aromatic N) is 1. The topological polar surface area (TPSA) is 54.5 Å². The minimum absolute atomic E-state index is 0.0758. The van der Waals surface area contributed by atoms with Crippen LogP contribution >= 0.6 is 0 Å². The fraction of sp³-hybridized carbons (Fsp3) is 0.250. The predicted molar refractivity (Wildman–Crippen MR) is 92.0 cm³/mol. The predicted octanol–water partition coefficient (Wildman–Crippen LogP) is 3.19. The lowest BCUT2D eigenvalue weighted by Crippen LogP contribution is -2.43. The minimum atomic E-state index is -0.778. The monoisotopic (exact) mass is 321 g/mol. The number of hydrogen-bond acceptors (Lipinski definition) is 3. The van der Waals surface area contributed by atoms with Crippen molar-refractivity contribution in [1.82, 2.24) is 0 Å². The molecule has 122 valence electrons. The summed E-state index contributed by atoms with van der Waals surface area (Å²) in [4.78, 5) is 39.1. The van der Waals surface area contributed by atoms with Crippen molar-refractivity contribution in [2.75, 3.05) is 4.90 Å². The normalized spacial score (nSPS) is 20.2. The van der Waals surface area contributed by atoms with Crippen LogP contribution in [0, 0.1) is 12.8 Å². The SMILES string of the molecule is CC(=O)C1CC(=O)N(c2ccc(C)cc2)C1C(=O)c1ccccc1. The van der Waals surface area contributed by atoms with Crippen LogP contribution in [0.5, 0.6) is 0 Å². The van der Waals surface area contributed by atoms with Gasteiger partial charge in [0.05, 0.1) is 5.92 Å². The molecule has 0 aliphatic carbocycles. The molecule has 0 saturated carbocycles. The number of carbonyl (C=O) groups excluding carboxylic acids is 3. The summed E-state index contributed by atoms with van der Waals surface area (Å²) in [6.45, 7) is 3.41. The van der Waals surface area contributed by atoms with Gasteiger partial charge in [0.25, 0.3) is 0 Å². The molecule has 3 rings (SSSR count). The number of rotatable bonds is 4. The molecule has 1 aliphatic heterocycles. The van der Waals surface area contributed by atoms with Gasteiger partial charge in [-0.25, -0.2) is 0 Å². The molecule has 1 saturated heterocycles. The van der Waals surface area contributed by atoms with E-state index >= 15 is 0 Å². The van der Waals surface area contributed by atoms with E-state index in [1.807, 2.05) is 37.3 Å². The highest BCUT2D eigenvalue weighted by molar-refractivity contribution is 6.14. The lowest BCUT2D eigenvalue weighted by molar-refractivity contribution is -0.123. The van der Waals surface area contributed by atoms with Crippen LogP contribution in [0.15, 0.2) is 54.6 Å². The number of amides is 1. The lowest BCUT2D eigenvalue weighted by atomic mass is 9.90. The second kappa shape index (κ2) is 6.40. The van der Waals surface area contributed by atoms with E-state index in [-0.39, 0.29) is 23.9 Å².